The van der Waals surface area contributed by atoms with Gasteiger partial charge in [0.2, 0.25) is 0 Å². The molecule has 0 unspecified atom stereocenters. The van der Waals surface area contributed by atoms with Crippen molar-refractivity contribution in [3.63, 3.8) is 0 Å². The highest BCUT2D eigenvalue weighted by Crippen LogP contribution is 2.23. The Kier molecular flexibility index (Phi) is 5.33. The van der Waals surface area contributed by atoms with E-state index in [-0.39, 0.29) is 12.0 Å². The Labute approximate surface area is 132 Å². The lowest BCUT2D eigenvalue weighted by molar-refractivity contribution is -0.142. The van der Waals surface area contributed by atoms with Gasteiger partial charge in [-0.1, -0.05) is 18.2 Å². The molecule has 3 rings (SSSR count). The van der Waals surface area contributed by atoms with Crippen LogP contribution in [0.25, 0.3) is 0 Å². The second-order valence-corrected chi connectivity index (χ2v) is 6.22. The van der Waals surface area contributed by atoms with Crippen molar-refractivity contribution in [2.24, 2.45) is 5.92 Å². The minimum Gasteiger partial charge on any atom is -0.494 e. The van der Waals surface area contributed by atoms with E-state index in [1.54, 1.807) is 0 Å². The van der Waals surface area contributed by atoms with E-state index in [0.29, 0.717) is 5.92 Å². The second kappa shape index (κ2) is 7.63. The van der Waals surface area contributed by atoms with Crippen LogP contribution in [0.2, 0.25) is 0 Å². The fourth-order valence-corrected chi connectivity index (χ4v) is 3.28. The minimum absolute atomic E-state index is 0.169. The van der Waals surface area contributed by atoms with Gasteiger partial charge < -0.3 is 14.4 Å². The van der Waals surface area contributed by atoms with Crippen molar-refractivity contribution in [3.05, 3.63) is 30.3 Å². The average molecular weight is 303 g/mol. The highest BCUT2D eigenvalue weighted by atomic mass is 16.5. The third-order valence-corrected chi connectivity index (χ3v) is 4.67. The van der Waals surface area contributed by atoms with Crippen molar-refractivity contribution in [2.45, 2.75) is 38.2 Å². The largest absolute Gasteiger partial charge is 0.494 e. The van der Waals surface area contributed by atoms with Crippen molar-refractivity contribution < 1.29 is 14.3 Å². The van der Waals surface area contributed by atoms with Crippen LogP contribution in [0.15, 0.2) is 30.3 Å². The highest BCUT2D eigenvalue weighted by molar-refractivity contribution is 5.81. The molecule has 0 aromatic heterocycles. The summed E-state index contributed by atoms with van der Waals surface area (Å²) in [6, 6.07) is 9.95. The number of para-hydroxylation sites is 1. The Balaban J connectivity index is 1.36. The van der Waals surface area contributed by atoms with Gasteiger partial charge in [-0.15, -0.1) is 0 Å². The predicted molar refractivity (Wildman–Crippen MR) is 84.8 cm³/mol. The number of rotatable bonds is 5. The van der Waals surface area contributed by atoms with Crippen LogP contribution in [0.5, 0.6) is 5.75 Å². The molecule has 0 aliphatic carbocycles. The maximum atomic E-state index is 12.3. The molecule has 1 atom stereocenters. The number of nitrogens with zero attached hydrogens (tertiary/aromatic N) is 1. The van der Waals surface area contributed by atoms with E-state index in [2.05, 4.69) is 0 Å². The van der Waals surface area contributed by atoms with E-state index >= 15 is 0 Å². The zero-order chi connectivity index (χ0) is 15.2. The predicted octanol–water partition coefficient (Wildman–Crippen LogP) is 2.87. The van der Waals surface area contributed by atoms with Gasteiger partial charge in [-0.05, 0) is 50.2 Å². The molecule has 120 valence electrons. The third-order valence-electron chi connectivity index (χ3n) is 4.67. The molecular weight excluding hydrogens is 278 g/mol. The molecule has 2 aliphatic heterocycles. The molecule has 0 spiro atoms. The van der Waals surface area contributed by atoms with Crippen LogP contribution < -0.4 is 4.74 Å². The highest BCUT2D eigenvalue weighted by Gasteiger charge is 2.30. The number of likely N-dealkylation sites (tertiary alicyclic amines) is 1. The standard InChI is InChI=1S/C18H25NO3/c20-18(17-7-4-13-22-17)19-11-8-15(9-12-19)10-14-21-16-5-2-1-3-6-16/h1-3,5-6,15,17H,4,7-14H2/t17-/m0/s1. The molecule has 0 radical (unpaired) electrons. The number of piperidine rings is 1. The summed E-state index contributed by atoms with van der Waals surface area (Å²) in [5, 5.41) is 0. The topological polar surface area (TPSA) is 38.8 Å². The Hall–Kier alpha value is -1.55. The second-order valence-electron chi connectivity index (χ2n) is 6.22. The van der Waals surface area contributed by atoms with E-state index in [0.717, 1.165) is 64.2 Å². The molecule has 1 amide bonds. The summed E-state index contributed by atoms with van der Waals surface area (Å²) >= 11 is 0. The molecule has 1 aromatic carbocycles. The van der Waals surface area contributed by atoms with Gasteiger partial charge in [-0.25, -0.2) is 0 Å². The van der Waals surface area contributed by atoms with E-state index in [1.165, 1.54) is 0 Å². The SMILES string of the molecule is O=C([C@@H]1CCCO1)N1CCC(CCOc2ccccc2)CC1. The molecule has 0 saturated carbocycles. The summed E-state index contributed by atoms with van der Waals surface area (Å²) in [6.07, 6.45) is 4.97. The van der Waals surface area contributed by atoms with E-state index < -0.39 is 0 Å². The van der Waals surface area contributed by atoms with Gasteiger partial charge in [0.25, 0.3) is 5.91 Å². The summed E-state index contributed by atoms with van der Waals surface area (Å²) in [5.41, 5.74) is 0. The van der Waals surface area contributed by atoms with Crippen molar-refractivity contribution in [3.8, 4) is 5.75 Å². The van der Waals surface area contributed by atoms with Crippen LogP contribution in [-0.4, -0.2) is 43.2 Å². The molecule has 0 N–H and O–H groups in total. The molecule has 2 saturated heterocycles. The quantitative estimate of drug-likeness (QED) is 0.839. The Morgan fingerprint density at radius 1 is 1.18 bits per heavy atom. The first-order chi connectivity index (χ1) is 10.8. The minimum atomic E-state index is -0.169. The summed E-state index contributed by atoms with van der Waals surface area (Å²) < 4.78 is 11.3. The molecule has 2 fully saturated rings. The maximum Gasteiger partial charge on any atom is 0.251 e. The summed E-state index contributed by atoms with van der Waals surface area (Å²) in [6.45, 7) is 3.24. The molecule has 1 aromatic rings. The van der Waals surface area contributed by atoms with Gasteiger partial charge in [0.1, 0.15) is 11.9 Å². The van der Waals surface area contributed by atoms with Crippen LogP contribution >= 0.6 is 0 Å². The first-order valence-electron chi connectivity index (χ1n) is 8.41. The number of benzene rings is 1. The van der Waals surface area contributed by atoms with E-state index in [4.69, 9.17) is 9.47 Å². The lowest BCUT2D eigenvalue weighted by Crippen LogP contribution is -2.43. The van der Waals surface area contributed by atoms with Crippen LogP contribution in [0.4, 0.5) is 0 Å². The van der Waals surface area contributed by atoms with Gasteiger partial charge >= 0.3 is 0 Å². The van der Waals surface area contributed by atoms with E-state index in [1.807, 2.05) is 35.2 Å². The molecule has 4 heteroatoms. The van der Waals surface area contributed by atoms with Crippen LogP contribution in [0.3, 0.4) is 0 Å². The molecule has 4 nitrogen and oxygen atoms in total. The maximum absolute atomic E-state index is 12.3. The number of ether oxygens (including phenoxy) is 2. The van der Waals surface area contributed by atoms with E-state index in [9.17, 15) is 4.79 Å². The van der Waals surface area contributed by atoms with Gasteiger partial charge in [0.15, 0.2) is 0 Å². The Morgan fingerprint density at radius 2 is 1.95 bits per heavy atom. The summed E-state index contributed by atoms with van der Waals surface area (Å²) in [5.74, 6) is 1.81. The van der Waals surface area contributed by atoms with Crippen molar-refractivity contribution in [2.75, 3.05) is 26.3 Å². The monoisotopic (exact) mass is 303 g/mol. The Bertz CT molecular complexity index is 462. The van der Waals surface area contributed by atoms with Gasteiger partial charge in [-0.2, -0.15) is 0 Å². The van der Waals surface area contributed by atoms with Gasteiger partial charge in [-0.3, -0.25) is 4.79 Å². The molecular formula is C18H25NO3. The Morgan fingerprint density at radius 3 is 2.64 bits per heavy atom. The number of carbonyl (C=O) groups is 1. The lowest BCUT2D eigenvalue weighted by Gasteiger charge is -2.33. The molecule has 2 aliphatic rings. The van der Waals surface area contributed by atoms with Crippen LogP contribution in [0, 0.1) is 5.92 Å². The van der Waals surface area contributed by atoms with Crippen molar-refractivity contribution >= 4 is 5.91 Å². The fraction of sp³-hybridized carbons (Fsp3) is 0.611. The molecule has 0 bridgehead atoms. The van der Waals surface area contributed by atoms with Crippen molar-refractivity contribution in [1.82, 2.24) is 4.90 Å². The smallest absolute Gasteiger partial charge is 0.251 e. The van der Waals surface area contributed by atoms with Gasteiger partial charge in [0.05, 0.1) is 6.61 Å². The number of carbonyl (C=O) groups excluding carboxylic acids is 1. The van der Waals surface area contributed by atoms with Crippen LogP contribution in [-0.2, 0) is 9.53 Å². The normalized spacial score (nSPS) is 22.7. The molecule has 2 heterocycles. The number of hydrogen-bond acceptors (Lipinski definition) is 3. The summed E-state index contributed by atoms with van der Waals surface area (Å²) in [4.78, 5) is 14.3. The molecule has 22 heavy (non-hydrogen) atoms. The number of amides is 1. The average Bonchev–Trinajstić information content (AvgIpc) is 3.10. The van der Waals surface area contributed by atoms with Gasteiger partial charge in [0, 0.05) is 19.7 Å². The zero-order valence-electron chi connectivity index (χ0n) is 13.1. The zero-order valence-corrected chi connectivity index (χ0v) is 13.1. The fourth-order valence-electron chi connectivity index (χ4n) is 3.28. The first-order valence-corrected chi connectivity index (χ1v) is 8.41. The third kappa shape index (κ3) is 4.01. The number of hydrogen-bond donors (Lipinski definition) is 0. The summed E-state index contributed by atoms with van der Waals surface area (Å²) in [7, 11) is 0. The first kappa shape index (κ1) is 15.3. The van der Waals surface area contributed by atoms with Crippen LogP contribution in [0.1, 0.15) is 32.1 Å². The van der Waals surface area contributed by atoms with Crippen molar-refractivity contribution in [1.29, 1.82) is 0 Å². The lowest BCUT2D eigenvalue weighted by atomic mass is 9.93.